The van der Waals surface area contributed by atoms with Crippen molar-refractivity contribution >= 4 is 22.9 Å². The van der Waals surface area contributed by atoms with Gasteiger partial charge < -0.3 is 5.32 Å². The van der Waals surface area contributed by atoms with Gasteiger partial charge in [0.1, 0.15) is 10.0 Å². The molecular formula is C14H18ClN3S. The molecule has 0 radical (unpaired) electrons. The van der Waals surface area contributed by atoms with E-state index in [0.29, 0.717) is 6.04 Å². The third kappa shape index (κ3) is 3.75. The van der Waals surface area contributed by atoms with E-state index in [1.807, 2.05) is 25.1 Å². The summed E-state index contributed by atoms with van der Waals surface area (Å²) in [5, 5.41) is 14.7. The van der Waals surface area contributed by atoms with Crippen LogP contribution in [0.25, 0.3) is 10.6 Å². The summed E-state index contributed by atoms with van der Waals surface area (Å²) in [7, 11) is 0. The molecule has 0 bridgehead atoms. The van der Waals surface area contributed by atoms with Crippen LogP contribution in [-0.2, 0) is 6.42 Å². The molecule has 102 valence electrons. The first-order valence-corrected chi connectivity index (χ1v) is 7.58. The molecule has 0 amide bonds. The van der Waals surface area contributed by atoms with Gasteiger partial charge in [-0.2, -0.15) is 0 Å². The summed E-state index contributed by atoms with van der Waals surface area (Å²) in [5.74, 6) is 0. The first kappa shape index (κ1) is 14.4. The third-order valence-electron chi connectivity index (χ3n) is 2.86. The molecule has 0 saturated heterocycles. The van der Waals surface area contributed by atoms with Crippen LogP contribution in [0.3, 0.4) is 0 Å². The van der Waals surface area contributed by atoms with Crippen molar-refractivity contribution in [2.75, 3.05) is 6.54 Å². The number of nitrogens with one attached hydrogen (secondary N) is 1. The van der Waals surface area contributed by atoms with Crippen LogP contribution in [0, 0.1) is 6.92 Å². The Morgan fingerprint density at radius 2 is 2.11 bits per heavy atom. The van der Waals surface area contributed by atoms with E-state index in [4.69, 9.17) is 11.6 Å². The Morgan fingerprint density at radius 3 is 2.84 bits per heavy atom. The molecule has 0 atom stereocenters. The summed E-state index contributed by atoms with van der Waals surface area (Å²) in [6, 6.07) is 6.39. The molecule has 3 nitrogen and oxygen atoms in total. The zero-order valence-corrected chi connectivity index (χ0v) is 13.0. The van der Waals surface area contributed by atoms with E-state index in [9.17, 15) is 0 Å². The van der Waals surface area contributed by atoms with Crippen LogP contribution >= 0.6 is 22.9 Å². The van der Waals surface area contributed by atoms with Crippen molar-refractivity contribution in [3.8, 4) is 10.6 Å². The molecule has 0 aliphatic carbocycles. The van der Waals surface area contributed by atoms with Crippen LogP contribution < -0.4 is 5.32 Å². The Bertz CT molecular complexity index is 551. The Kier molecular flexibility index (Phi) is 4.91. The van der Waals surface area contributed by atoms with Crippen molar-refractivity contribution in [3.63, 3.8) is 0 Å². The summed E-state index contributed by atoms with van der Waals surface area (Å²) < 4.78 is 0. The quantitative estimate of drug-likeness (QED) is 0.914. The molecular weight excluding hydrogens is 278 g/mol. The Hall–Kier alpha value is -0.970. The largest absolute Gasteiger partial charge is 0.314 e. The molecule has 5 heteroatoms. The summed E-state index contributed by atoms with van der Waals surface area (Å²) in [6.45, 7) is 7.22. The maximum atomic E-state index is 6.14. The molecule has 1 aromatic carbocycles. The van der Waals surface area contributed by atoms with Gasteiger partial charge in [0, 0.05) is 29.6 Å². The molecule has 0 unspecified atom stereocenters. The molecule has 0 aliphatic rings. The van der Waals surface area contributed by atoms with Crippen LogP contribution in [0.5, 0.6) is 0 Å². The van der Waals surface area contributed by atoms with Gasteiger partial charge in [-0.1, -0.05) is 48.9 Å². The van der Waals surface area contributed by atoms with Gasteiger partial charge in [0.15, 0.2) is 0 Å². The molecule has 19 heavy (non-hydrogen) atoms. The van der Waals surface area contributed by atoms with E-state index in [0.717, 1.165) is 39.1 Å². The molecule has 1 aromatic heterocycles. The second-order valence-corrected chi connectivity index (χ2v) is 6.24. The Morgan fingerprint density at radius 1 is 1.32 bits per heavy atom. The van der Waals surface area contributed by atoms with Gasteiger partial charge in [-0.15, -0.1) is 10.2 Å². The summed E-state index contributed by atoms with van der Waals surface area (Å²) >= 11 is 7.78. The fraction of sp³-hybridized carbons (Fsp3) is 0.429. The summed E-state index contributed by atoms with van der Waals surface area (Å²) in [5.41, 5.74) is 2.14. The number of hydrogen-bond donors (Lipinski definition) is 1. The predicted molar refractivity (Wildman–Crippen MR) is 81.9 cm³/mol. The fourth-order valence-corrected chi connectivity index (χ4v) is 2.87. The minimum atomic E-state index is 0.502. The van der Waals surface area contributed by atoms with E-state index in [1.54, 1.807) is 11.3 Å². The maximum absolute atomic E-state index is 6.14. The van der Waals surface area contributed by atoms with Crippen molar-refractivity contribution in [2.45, 2.75) is 33.2 Å². The average Bonchev–Trinajstić information content (AvgIpc) is 2.81. The lowest BCUT2D eigenvalue weighted by Crippen LogP contribution is -2.24. The van der Waals surface area contributed by atoms with E-state index < -0.39 is 0 Å². The van der Waals surface area contributed by atoms with Crippen LogP contribution in [0.15, 0.2) is 18.2 Å². The fourth-order valence-electron chi connectivity index (χ4n) is 1.77. The molecule has 0 aliphatic heterocycles. The highest BCUT2D eigenvalue weighted by Gasteiger charge is 2.10. The van der Waals surface area contributed by atoms with Gasteiger partial charge >= 0.3 is 0 Å². The second kappa shape index (κ2) is 6.46. The van der Waals surface area contributed by atoms with E-state index in [2.05, 4.69) is 29.4 Å². The SMILES string of the molecule is Cc1c(Cl)cccc1-c1nnc(CCNC(C)C)s1. The highest BCUT2D eigenvalue weighted by molar-refractivity contribution is 7.14. The molecule has 1 heterocycles. The smallest absolute Gasteiger partial charge is 0.148 e. The minimum Gasteiger partial charge on any atom is -0.314 e. The summed E-state index contributed by atoms with van der Waals surface area (Å²) in [4.78, 5) is 0. The van der Waals surface area contributed by atoms with Crippen molar-refractivity contribution < 1.29 is 0 Å². The zero-order chi connectivity index (χ0) is 13.8. The van der Waals surface area contributed by atoms with Crippen molar-refractivity contribution in [1.29, 1.82) is 0 Å². The van der Waals surface area contributed by atoms with Crippen molar-refractivity contribution in [2.24, 2.45) is 0 Å². The van der Waals surface area contributed by atoms with E-state index in [-0.39, 0.29) is 0 Å². The van der Waals surface area contributed by atoms with Gasteiger partial charge in [0.05, 0.1) is 0 Å². The summed E-state index contributed by atoms with van der Waals surface area (Å²) in [6.07, 6.45) is 0.912. The number of rotatable bonds is 5. The lowest BCUT2D eigenvalue weighted by molar-refractivity contribution is 0.588. The molecule has 1 N–H and O–H groups in total. The number of benzene rings is 1. The first-order chi connectivity index (χ1) is 9.08. The van der Waals surface area contributed by atoms with Gasteiger partial charge in [0.2, 0.25) is 0 Å². The molecule has 2 rings (SSSR count). The second-order valence-electron chi connectivity index (χ2n) is 4.77. The highest BCUT2D eigenvalue weighted by atomic mass is 35.5. The molecule has 0 spiro atoms. The average molecular weight is 296 g/mol. The number of hydrogen-bond acceptors (Lipinski definition) is 4. The monoisotopic (exact) mass is 295 g/mol. The molecule has 0 fully saturated rings. The lowest BCUT2D eigenvalue weighted by atomic mass is 10.1. The topological polar surface area (TPSA) is 37.8 Å². The van der Waals surface area contributed by atoms with Gasteiger partial charge in [-0.05, 0) is 18.6 Å². The van der Waals surface area contributed by atoms with Crippen molar-refractivity contribution in [1.82, 2.24) is 15.5 Å². The number of aromatic nitrogens is 2. The first-order valence-electron chi connectivity index (χ1n) is 6.39. The van der Waals surface area contributed by atoms with Crippen molar-refractivity contribution in [3.05, 3.63) is 33.8 Å². The van der Waals surface area contributed by atoms with Crippen LogP contribution in [0.4, 0.5) is 0 Å². The Balaban J connectivity index is 2.10. The van der Waals surface area contributed by atoms with Gasteiger partial charge in [0.25, 0.3) is 0 Å². The van der Waals surface area contributed by atoms with Crippen LogP contribution in [0.2, 0.25) is 5.02 Å². The van der Waals surface area contributed by atoms with E-state index in [1.165, 1.54) is 0 Å². The van der Waals surface area contributed by atoms with E-state index >= 15 is 0 Å². The Labute approximate surface area is 123 Å². The van der Waals surface area contributed by atoms with Gasteiger partial charge in [-0.25, -0.2) is 0 Å². The minimum absolute atomic E-state index is 0.502. The maximum Gasteiger partial charge on any atom is 0.148 e. The molecule has 0 saturated carbocycles. The highest BCUT2D eigenvalue weighted by Crippen LogP contribution is 2.30. The third-order valence-corrected chi connectivity index (χ3v) is 4.28. The van der Waals surface area contributed by atoms with Crippen LogP contribution in [0.1, 0.15) is 24.4 Å². The zero-order valence-electron chi connectivity index (χ0n) is 11.4. The standard InChI is InChI=1S/C14H18ClN3S/c1-9(2)16-8-7-13-17-18-14(19-13)11-5-4-6-12(15)10(11)3/h4-6,9,16H,7-8H2,1-3H3. The normalized spacial score (nSPS) is 11.2. The number of halogens is 1. The number of nitrogens with zero attached hydrogens (tertiary/aromatic N) is 2. The predicted octanol–water partition coefficient (Wildman–Crippen LogP) is 3.71. The lowest BCUT2D eigenvalue weighted by Gasteiger charge is -2.05. The molecule has 2 aromatic rings. The van der Waals surface area contributed by atoms with Gasteiger partial charge in [-0.3, -0.25) is 0 Å². The van der Waals surface area contributed by atoms with Crippen LogP contribution in [-0.4, -0.2) is 22.8 Å².